The molecule has 0 saturated carbocycles. The number of hydrogen-bond acceptors (Lipinski definition) is 2. The van der Waals surface area contributed by atoms with Crippen LogP contribution >= 0.6 is 15.9 Å². The Labute approximate surface area is 117 Å². The summed E-state index contributed by atoms with van der Waals surface area (Å²) < 4.78 is 54.0. The highest BCUT2D eigenvalue weighted by Gasteiger charge is 2.27. The van der Waals surface area contributed by atoms with Crippen molar-refractivity contribution in [1.82, 2.24) is 5.32 Å². The lowest BCUT2D eigenvalue weighted by molar-refractivity contribution is -0.175. The van der Waals surface area contributed by atoms with Crippen LogP contribution in [-0.4, -0.2) is 32.5 Å². The maximum atomic E-state index is 12.9. The quantitative estimate of drug-likeness (QED) is 0.800. The van der Waals surface area contributed by atoms with E-state index < -0.39 is 12.8 Å². The minimum Gasteiger partial charge on any atom is -0.370 e. The van der Waals surface area contributed by atoms with Crippen molar-refractivity contribution in [2.75, 3.05) is 20.3 Å². The molecule has 0 saturated heterocycles. The van der Waals surface area contributed by atoms with Crippen molar-refractivity contribution in [3.05, 3.63) is 34.1 Å². The largest absolute Gasteiger partial charge is 0.411 e. The number of rotatable bonds is 6. The molecule has 1 rings (SSSR count). The van der Waals surface area contributed by atoms with E-state index in [9.17, 15) is 17.6 Å². The van der Waals surface area contributed by atoms with E-state index in [1.807, 2.05) is 0 Å². The summed E-state index contributed by atoms with van der Waals surface area (Å²) in [6.07, 6.45) is -3.88. The molecule has 1 atom stereocenters. The number of ether oxygens (including phenoxy) is 1. The molecule has 0 spiro atoms. The second-order valence-electron chi connectivity index (χ2n) is 4.06. The van der Waals surface area contributed by atoms with E-state index in [-0.39, 0.29) is 18.5 Å². The lowest BCUT2D eigenvalue weighted by Gasteiger charge is -2.18. The van der Waals surface area contributed by atoms with E-state index in [0.29, 0.717) is 10.9 Å². The van der Waals surface area contributed by atoms with E-state index in [0.717, 1.165) is 5.56 Å². The second-order valence-corrected chi connectivity index (χ2v) is 4.91. The highest BCUT2D eigenvalue weighted by atomic mass is 79.9. The average Bonchev–Trinajstić information content (AvgIpc) is 2.29. The summed E-state index contributed by atoms with van der Waals surface area (Å²) >= 11 is 3.22. The normalized spacial score (nSPS) is 13.6. The SMILES string of the molecule is CNC(COCC(F)(F)F)Cc1ccc(F)cc1Br. The molecule has 1 aromatic rings. The predicted molar refractivity (Wildman–Crippen MR) is 67.5 cm³/mol. The number of alkyl halides is 3. The number of nitrogens with one attached hydrogen (secondary N) is 1. The Bertz CT molecular complexity index is 411. The van der Waals surface area contributed by atoms with Crippen LogP contribution in [0.5, 0.6) is 0 Å². The number of halogens is 5. The number of likely N-dealkylation sites (N-methyl/N-ethyl adjacent to an activating group) is 1. The van der Waals surface area contributed by atoms with Gasteiger partial charge in [0.25, 0.3) is 0 Å². The summed E-state index contributed by atoms with van der Waals surface area (Å²) in [7, 11) is 1.64. The molecule has 0 aliphatic rings. The molecule has 0 radical (unpaired) electrons. The molecule has 0 fully saturated rings. The molecule has 19 heavy (non-hydrogen) atoms. The molecule has 0 aliphatic heterocycles. The first-order valence-corrected chi connectivity index (χ1v) is 6.37. The predicted octanol–water partition coefficient (Wildman–Crippen LogP) is 3.30. The maximum absolute atomic E-state index is 12.9. The molecule has 7 heteroatoms. The van der Waals surface area contributed by atoms with Gasteiger partial charge in [0.1, 0.15) is 12.4 Å². The summed E-state index contributed by atoms with van der Waals surface area (Å²) in [5.41, 5.74) is 0.802. The molecule has 108 valence electrons. The van der Waals surface area contributed by atoms with Crippen LogP contribution in [0.3, 0.4) is 0 Å². The average molecular weight is 344 g/mol. The van der Waals surface area contributed by atoms with Crippen LogP contribution in [0.4, 0.5) is 17.6 Å². The van der Waals surface area contributed by atoms with Crippen molar-refractivity contribution in [1.29, 1.82) is 0 Å². The van der Waals surface area contributed by atoms with Gasteiger partial charge in [-0.2, -0.15) is 13.2 Å². The molecule has 0 bridgehead atoms. The van der Waals surface area contributed by atoms with Gasteiger partial charge in [0.15, 0.2) is 0 Å². The fourth-order valence-corrected chi connectivity index (χ4v) is 2.03. The monoisotopic (exact) mass is 343 g/mol. The summed E-state index contributed by atoms with van der Waals surface area (Å²) in [4.78, 5) is 0. The van der Waals surface area contributed by atoms with Gasteiger partial charge in [-0.25, -0.2) is 4.39 Å². The second kappa shape index (κ2) is 7.21. The smallest absolute Gasteiger partial charge is 0.370 e. The van der Waals surface area contributed by atoms with E-state index >= 15 is 0 Å². The van der Waals surface area contributed by atoms with Gasteiger partial charge in [-0.1, -0.05) is 22.0 Å². The summed E-state index contributed by atoms with van der Waals surface area (Å²) in [5.74, 6) is -0.370. The van der Waals surface area contributed by atoms with Gasteiger partial charge in [-0.3, -0.25) is 0 Å². The van der Waals surface area contributed by atoms with Gasteiger partial charge in [0.05, 0.1) is 6.61 Å². The van der Waals surface area contributed by atoms with Gasteiger partial charge >= 0.3 is 6.18 Å². The van der Waals surface area contributed by atoms with Crippen molar-refractivity contribution in [2.45, 2.75) is 18.6 Å². The molecule has 1 N–H and O–H groups in total. The summed E-state index contributed by atoms with van der Waals surface area (Å²) in [6.45, 7) is -1.34. The molecule has 1 unspecified atom stereocenters. The van der Waals surface area contributed by atoms with Crippen LogP contribution in [-0.2, 0) is 11.2 Å². The maximum Gasteiger partial charge on any atom is 0.411 e. The van der Waals surface area contributed by atoms with E-state index in [4.69, 9.17) is 0 Å². The molecule has 0 aromatic heterocycles. The Morgan fingerprint density at radius 1 is 1.37 bits per heavy atom. The van der Waals surface area contributed by atoms with Crippen molar-refractivity contribution in [3.8, 4) is 0 Å². The van der Waals surface area contributed by atoms with Crippen molar-refractivity contribution in [3.63, 3.8) is 0 Å². The fourth-order valence-electron chi connectivity index (χ4n) is 1.51. The molecular weight excluding hydrogens is 330 g/mol. The Balaban J connectivity index is 2.52. The molecule has 2 nitrogen and oxygen atoms in total. The zero-order valence-corrected chi connectivity index (χ0v) is 11.8. The number of benzene rings is 1. The third-order valence-corrected chi connectivity index (χ3v) is 3.21. The molecule has 0 aliphatic carbocycles. The van der Waals surface area contributed by atoms with Crippen LogP contribution in [0, 0.1) is 5.82 Å². The number of hydrogen-bond donors (Lipinski definition) is 1. The third-order valence-electron chi connectivity index (χ3n) is 2.47. The zero-order valence-electron chi connectivity index (χ0n) is 10.2. The zero-order chi connectivity index (χ0) is 14.5. The van der Waals surface area contributed by atoms with Crippen LogP contribution < -0.4 is 5.32 Å². The first-order valence-electron chi connectivity index (χ1n) is 5.57. The summed E-state index contributed by atoms with van der Waals surface area (Å²) in [5, 5.41) is 2.87. The first kappa shape index (κ1) is 16.4. The molecule has 0 heterocycles. The third kappa shape index (κ3) is 6.35. The van der Waals surface area contributed by atoms with Crippen molar-refractivity contribution >= 4 is 15.9 Å². The Morgan fingerprint density at radius 2 is 2.05 bits per heavy atom. The standard InChI is InChI=1S/C12H14BrF4NO/c1-18-10(6-19-7-12(15,16)17)4-8-2-3-9(14)5-11(8)13/h2-3,5,10,18H,4,6-7H2,1H3. The Hall–Kier alpha value is -0.660. The Kier molecular flexibility index (Phi) is 6.22. The minimum atomic E-state index is -4.32. The van der Waals surface area contributed by atoms with Gasteiger partial charge in [-0.05, 0) is 31.2 Å². The van der Waals surface area contributed by atoms with Crippen LogP contribution in [0.1, 0.15) is 5.56 Å². The van der Waals surface area contributed by atoms with Crippen molar-refractivity contribution < 1.29 is 22.3 Å². The topological polar surface area (TPSA) is 21.3 Å². The van der Waals surface area contributed by atoms with E-state index in [2.05, 4.69) is 26.0 Å². The minimum absolute atomic E-state index is 0.0696. The molecular formula is C12H14BrF4NO. The molecule has 0 amide bonds. The van der Waals surface area contributed by atoms with Crippen LogP contribution in [0.15, 0.2) is 22.7 Å². The molecule has 1 aromatic carbocycles. The highest BCUT2D eigenvalue weighted by molar-refractivity contribution is 9.10. The highest BCUT2D eigenvalue weighted by Crippen LogP contribution is 2.20. The van der Waals surface area contributed by atoms with Crippen LogP contribution in [0.25, 0.3) is 0 Å². The van der Waals surface area contributed by atoms with E-state index in [1.54, 1.807) is 13.1 Å². The summed E-state index contributed by atoms with van der Waals surface area (Å²) in [6, 6.07) is 3.94. The van der Waals surface area contributed by atoms with Gasteiger partial charge in [-0.15, -0.1) is 0 Å². The lowest BCUT2D eigenvalue weighted by atomic mass is 10.1. The van der Waals surface area contributed by atoms with E-state index in [1.165, 1.54) is 12.1 Å². The van der Waals surface area contributed by atoms with Crippen molar-refractivity contribution in [2.24, 2.45) is 0 Å². The van der Waals surface area contributed by atoms with Gasteiger partial charge < -0.3 is 10.1 Å². The van der Waals surface area contributed by atoms with Crippen LogP contribution in [0.2, 0.25) is 0 Å². The fraction of sp³-hybridized carbons (Fsp3) is 0.500. The van der Waals surface area contributed by atoms with Gasteiger partial charge in [0, 0.05) is 10.5 Å². The first-order chi connectivity index (χ1) is 8.81. The van der Waals surface area contributed by atoms with Gasteiger partial charge in [0.2, 0.25) is 0 Å². The lowest BCUT2D eigenvalue weighted by Crippen LogP contribution is -2.34. The Morgan fingerprint density at radius 3 is 2.58 bits per heavy atom.